The van der Waals surface area contributed by atoms with Crippen molar-refractivity contribution < 1.29 is 13.2 Å². The topological polar surface area (TPSA) is 63.2 Å². The summed E-state index contributed by atoms with van der Waals surface area (Å²) in [6.07, 6.45) is 3.54. The van der Waals surface area contributed by atoms with Crippen LogP contribution in [-0.4, -0.2) is 26.1 Å². The zero-order valence-electron chi connectivity index (χ0n) is 10.0. The largest absolute Gasteiger partial charge is 0.345 e. The molecule has 1 aliphatic heterocycles. The summed E-state index contributed by atoms with van der Waals surface area (Å²) in [7, 11) is -3.12. The van der Waals surface area contributed by atoms with Crippen LogP contribution in [0, 0.1) is 0 Å². The Bertz CT molecular complexity index is 572. The van der Waals surface area contributed by atoms with E-state index in [1.165, 1.54) is 11.0 Å². The lowest BCUT2D eigenvalue weighted by Crippen LogP contribution is -2.35. The first-order valence-electron chi connectivity index (χ1n) is 5.79. The smallest absolute Gasteiger partial charge is 0.252 e. The molecule has 0 aliphatic carbocycles. The molecular weight excluding hydrogens is 270 g/mol. The molecule has 0 saturated heterocycles. The van der Waals surface area contributed by atoms with Gasteiger partial charge in [-0.15, -0.1) is 11.3 Å². The van der Waals surface area contributed by atoms with Crippen LogP contribution in [0.15, 0.2) is 22.9 Å². The molecule has 0 saturated carbocycles. The van der Waals surface area contributed by atoms with Crippen molar-refractivity contribution in [2.45, 2.75) is 25.8 Å². The van der Waals surface area contributed by atoms with Gasteiger partial charge in [0.05, 0.1) is 17.4 Å². The van der Waals surface area contributed by atoms with E-state index in [9.17, 15) is 13.2 Å². The van der Waals surface area contributed by atoms with Crippen LogP contribution in [0.25, 0.3) is 0 Å². The van der Waals surface area contributed by atoms with Crippen molar-refractivity contribution in [3.05, 3.63) is 33.4 Å². The van der Waals surface area contributed by atoms with Crippen LogP contribution in [-0.2, 0) is 16.3 Å². The Morgan fingerprint density at radius 1 is 1.56 bits per heavy atom. The van der Waals surface area contributed by atoms with E-state index in [2.05, 4.69) is 12.2 Å². The molecule has 6 heteroatoms. The summed E-state index contributed by atoms with van der Waals surface area (Å²) >= 11 is 1.56. The van der Waals surface area contributed by atoms with E-state index in [1.807, 2.05) is 11.4 Å². The molecule has 18 heavy (non-hydrogen) atoms. The minimum atomic E-state index is -3.12. The van der Waals surface area contributed by atoms with Crippen LogP contribution in [0.3, 0.4) is 0 Å². The standard InChI is InChI=1S/C12H15NO3S2/c1-2-3-11-6-9(7-17-11)12(14)13-10-4-5-18(15,16)8-10/h4-7,10H,2-3,8H2,1H3,(H,13,14). The van der Waals surface area contributed by atoms with Crippen LogP contribution in [0.5, 0.6) is 0 Å². The van der Waals surface area contributed by atoms with Gasteiger partial charge in [0.2, 0.25) is 0 Å². The van der Waals surface area contributed by atoms with E-state index in [-0.39, 0.29) is 11.7 Å². The maximum atomic E-state index is 11.9. The predicted octanol–water partition coefficient (Wildman–Crippen LogP) is 1.74. The lowest BCUT2D eigenvalue weighted by atomic mass is 10.2. The molecule has 4 nitrogen and oxygen atoms in total. The second kappa shape index (κ2) is 5.24. The minimum Gasteiger partial charge on any atom is -0.345 e. The van der Waals surface area contributed by atoms with Gasteiger partial charge < -0.3 is 5.32 Å². The molecule has 1 aliphatic rings. The number of carbonyl (C=O) groups is 1. The third-order valence-corrected chi connectivity index (χ3v) is 5.05. The molecular formula is C12H15NO3S2. The van der Waals surface area contributed by atoms with Crippen LogP contribution in [0.4, 0.5) is 0 Å². The summed E-state index contributed by atoms with van der Waals surface area (Å²) in [5.74, 6) is -0.245. The summed E-state index contributed by atoms with van der Waals surface area (Å²) in [6.45, 7) is 2.09. The molecule has 98 valence electrons. The molecule has 0 radical (unpaired) electrons. The predicted molar refractivity (Wildman–Crippen MR) is 72.5 cm³/mol. The summed E-state index contributed by atoms with van der Waals surface area (Å²) in [5, 5.41) is 5.68. The highest BCUT2D eigenvalue weighted by Crippen LogP contribution is 2.17. The highest BCUT2D eigenvalue weighted by molar-refractivity contribution is 7.94. The van der Waals surface area contributed by atoms with E-state index in [4.69, 9.17) is 0 Å². The van der Waals surface area contributed by atoms with Crippen molar-refractivity contribution in [1.29, 1.82) is 0 Å². The molecule has 0 spiro atoms. The van der Waals surface area contributed by atoms with E-state index in [0.29, 0.717) is 5.56 Å². The third-order valence-electron chi connectivity index (χ3n) is 2.66. The maximum Gasteiger partial charge on any atom is 0.252 e. The molecule has 2 rings (SSSR count). The van der Waals surface area contributed by atoms with Gasteiger partial charge in [-0.25, -0.2) is 8.42 Å². The number of carbonyl (C=O) groups excluding carboxylic acids is 1. The normalized spacial score (nSPS) is 21.1. The van der Waals surface area contributed by atoms with Gasteiger partial charge in [0.1, 0.15) is 0 Å². The highest BCUT2D eigenvalue weighted by atomic mass is 32.2. The molecule has 1 unspecified atom stereocenters. The fourth-order valence-electron chi connectivity index (χ4n) is 1.79. The van der Waals surface area contributed by atoms with Gasteiger partial charge in [-0.1, -0.05) is 13.3 Å². The molecule has 1 aromatic rings. The first kappa shape index (κ1) is 13.3. The third kappa shape index (κ3) is 3.20. The Labute approximate surface area is 111 Å². The molecule has 1 N–H and O–H groups in total. The van der Waals surface area contributed by atoms with Crippen LogP contribution in [0.1, 0.15) is 28.6 Å². The van der Waals surface area contributed by atoms with Crippen molar-refractivity contribution in [3.63, 3.8) is 0 Å². The van der Waals surface area contributed by atoms with Crippen molar-refractivity contribution in [2.24, 2.45) is 0 Å². The van der Waals surface area contributed by atoms with Gasteiger partial charge in [0.15, 0.2) is 9.84 Å². The molecule has 2 heterocycles. The average Bonchev–Trinajstić information content (AvgIpc) is 2.86. The first-order chi connectivity index (χ1) is 8.50. The zero-order valence-corrected chi connectivity index (χ0v) is 11.7. The molecule has 0 bridgehead atoms. The number of aryl methyl sites for hydroxylation is 1. The van der Waals surface area contributed by atoms with Gasteiger partial charge in [-0.05, 0) is 18.6 Å². The van der Waals surface area contributed by atoms with E-state index < -0.39 is 15.9 Å². The molecule has 1 aromatic heterocycles. The lowest BCUT2D eigenvalue weighted by Gasteiger charge is -2.08. The van der Waals surface area contributed by atoms with Crippen molar-refractivity contribution in [2.75, 3.05) is 5.75 Å². The van der Waals surface area contributed by atoms with Crippen molar-refractivity contribution in [1.82, 2.24) is 5.32 Å². The van der Waals surface area contributed by atoms with Gasteiger partial charge >= 0.3 is 0 Å². The van der Waals surface area contributed by atoms with E-state index in [1.54, 1.807) is 11.3 Å². The Kier molecular flexibility index (Phi) is 3.87. The monoisotopic (exact) mass is 285 g/mol. The summed E-state index contributed by atoms with van der Waals surface area (Å²) in [6, 6.07) is 1.47. The molecule has 1 atom stereocenters. The number of thiophene rings is 1. The van der Waals surface area contributed by atoms with Gasteiger partial charge in [-0.2, -0.15) is 0 Å². The number of nitrogens with one attached hydrogen (secondary N) is 1. The quantitative estimate of drug-likeness (QED) is 0.916. The summed E-state index contributed by atoms with van der Waals surface area (Å²) in [4.78, 5) is 13.1. The Morgan fingerprint density at radius 3 is 2.94 bits per heavy atom. The lowest BCUT2D eigenvalue weighted by molar-refractivity contribution is 0.0948. The number of sulfone groups is 1. The first-order valence-corrected chi connectivity index (χ1v) is 8.39. The van der Waals surface area contributed by atoms with Crippen molar-refractivity contribution in [3.8, 4) is 0 Å². The fraction of sp³-hybridized carbons (Fsp3) is 0.417. The number of hydrogen-bond acceptors (Lipinski definition) is 4. The summed E-state index contributed by atoms with van der Waals surface area (Å²) < 4.78 is 22.4. The fourth-order valence-corrected chi connectivity index (χ4v) is 4.00. The van der Waals surface area contributed by atoms with Crippen LogP contribution < -0.4 is 5.32 Å². The Morgan fingerprint density at radius 2 is 2.33 bits per heavy atom. The zero-order chi connectivity index (χ0) is 13.2. The maximum absolute atomic E-state index is 11.9. The van der Waals surface area contributed by atoms with Gasteiger partial charge in [0, 0.05) is 15.7 Å². The molecule has 0 aromatic carbocycles. The SMILES string of the molecule is CCCc1cc(C(=O)NC2C=CS(=O)(=O)C2)cs1. The second-order valence-electron chi connectivity index (χ2n) is 4.29. The number of hydrogen-bond donors (Lipinski definition) is 1. The molecule has 1 amide bonds. The van der Waals surface area contributed by atoms with Crippen molar-refractivity contribution >= 4 is 27.1 Å². The summed E-state index contributed by atoms with van der Waals surface area (Å²) in [5.41, 5.74) is 0.612. The van der Waals surface area contributed by atoms with Gasteiger partial charge in [-0.3, -0.25) is 4.79 Å². The molecule has 0 fully saturated rings. The Balaban J connectivity index is 1.98. The van der Waals surface area contributed by atoms with E-state index in [0.717, 1.165) is 18.2 Å². The second-order valence-corrected chi connectivity index (χ2v) is 7.22. The number of amides is 1. The highest BCUT2D eigenvalue weighted by Gasteiger charge is 2.23. The minimum absolute atomic E-state index is 0.0370. The van der Waals surface area contributed by atoms with Gasteiger partial charge in [0.25, 0.3) is 5.91 Å². The number of rotatable bonds is 4. The van der Waals surface area contributed by atoms with Crippen LogP contribution >= 0.6 is 11.3 Å². The average molecular weight is 285 g/mol. The Hall–Kier alpha value is -1.14. The van der Waals surface area contributed by atoms with E-state index >= 15 is 0 Å². The van der Waals surface area contributed by atoms with Crippen LogP contribution in [0.2, 0.25) is 0 Å².